The third kappa shape index (κ3) is 4.02. The molecule has 0 saturated heterocycles. The van der Waals surface area contributed by atoms with Gasteiger partial charge in [0, 0.05) is 0 Å². The summed E-state index contributed by atoms with van der Waals surface area (Å²) in [6, 6.07) is 9.16. The van der Waals surface area contributed by atoms with Gasteiger partial charge in [0.2, 0.25) is 5.75 Å². The molecule has 1 aliphatic heterocycles. The van der Waals surface area contributed by atoms with Gasteiger partial charge in [-0.05, 0) is 49.8 Å². The Bertz CT molecular complexity index is 1100. The zero-order chi connectivity index (χ0) is 20.5. The topological polar surface area (TPSA) is 91.3 Å². The van der Waals surface area contributed by atoms with Crippen LogP contribution in [0.2, 0.25) is 5.02 Å². The van der Waals surface area contributed by atoms with Crippen LogP contribution < -0.4 is 8.92 Å². The van der Waals surface area contributed by atoms with Crippen LogP contribution in [0.1, 0.15) is 18.1 Å². The molecule has 7 nitrogen and oxygen atoms in total. The molecule has 0 aliphatic carbocycles. The Morgan fingerprint density at radius 3 is 2.39 bits per heavy atom. The van der Waals surface area contributed by atoms with Crippen molar-refractivity contribution >= 4 is 39.5 Å². The summed E-state index contributed by atoms with van der Waals surface area (Å²) in [5, 5.41) is 3.60. The summed E-state index contributed by atoms with van der Waals surface area (Å²) in [5.74, 6) is -0.642. The van der Waals surface area contributed by atoms with Crippen molar-refractivity contribution in [1.82, 2.24) is 0 Å². The van der Waals surface area contributed by atoms with E-state index in [1.165, 1.54) is 37.5 Å². The van der Waals surface area contributed by atoms with Gasteiger partial charge in [0.15, 0.2) is 5.75 Å². The van der Waals surface area contributed by atoms with Crippen molar-refractivity contribution < 1.29 is 27.0 Å². The van der Waals surface area contributed by atoms with Crippen molar-refractivity contribution in [2.45, 2.75) is 18.7 Å². The molecule has 0 atom stereocenters. The fourth-order valence-corrected chi connectivity index (χ4v) is 3.71. The Hall–Kier alpha value is -2.84. The normalized spacial score (nSPS) is 15.4. The molecule has 0 radical (unpaired) electrons. The van der Waals surface area contributed by atoms with Crippen molar-refractivity contribution in [2.24, 2.45) is 5.16 Å². The molecule has 0 aromatic heterocycles. The molecule has 0 spiro atoms. The van der Waals surface area contributed by atoms with Crippen molar-refractivity contribution in [3.63, 3.8) is 0 Å². The Labute approximate surface area is 167 Å². The average molecular weight is 422 g/mol. The second-order valence-electron chi connectivity index (χ2n) is 6.00. The zero-order valence-corrected chi connectivity index (χ0v) is 16.8. The van der Waals surface area contributed by atoms with Crippen molar-refractivity contribution in [3.8, 4) is 11.5 Å². The lowest BCUT2D eigenvalue weighted by Crippen LogP contribution is -2.11. The summed E-state index contributed by atoms with van der Waals surface area (Å²) < 4.78 is 35.6. The van der Waals surface area contributed by atoms with Crippen molar-refractivity contribution in [3.05, 3.63) is 58.1 Å². The molecule has 146 valence electrons. The van der Waals surface area contributed by atoms with E-state index in [0.29, 0.717) is 11.3 Å². The van der Waals surface area contributed by atoms with Gasteiger partial charge in [0.25, 0.3) is 0 Å². The lowest BCUT2D eigenvalue weighted by Gasteiger charge is -2.13. The van der Waals surface area contributed by atoms with Gasteiger partial charge in [-0.15, -0.1) is 0 Å². The zero-order valence-electron chi connectivity index (χ0n) is 15.2. The molecule has 0 saturated carbocycles. The van der Waals surface area contributed by atoms with E-state index in [9.17, 15) is 13.2 Å². The summed E-state index contributed by atoms with van der Waals surface area (Å²) in [7, 11) is -2.76. The number of hydrogen-bond donors (Lipinski definition) is 0. The molecule has 28 heavy (non-hydrogen) atoms. The molecule has 0 bridgehead atoms. The highest BCUT2D eigenvalue weighted by molar-refractivity contribution is 7.87. The molecule has 2 aromatic carbocycles. The summed E-state index contributed by atoms with van der Waals surface area (Å²) in [6.45, 7) is 3.47. The lowest BCUT2D eigenvalue weighted by molar-refractivity contribution is -0.136. The second kappa shape index (κ2) is 7.65. The molecule has 0 amide bonds. The number of ether oxygens (including phenoxy) is 1. The van der Waals surface area contributed by atoms with Crippen LogP contribution in [-0.4, -0.2) is 27.2 Å². The van der Waals surface area contributed by atoms with Crippen molar-refractivity contribution in [1.29, 1.82) is 0 Å². The highest BCUT2D eigenvalue weighted by atomic mass is 35.5. The third-order valence-corrected chi connectivity index (χ3v) is 5.46. The van der Waals surface area contributed by atoms with Gasteiger partial charge in [-0.25, -0.2) is 4.79 Å². The maximum Gasteiger partial charge on any atom is 0.367 e. The molecule has 0 N–H and O–H groups in total. The van der Waals surface area contributed by atoms with Crippen LogP contribution in [0.5, 0.6) is 11.5 Å². The minimum atomic E-state index is -4.11. The number of oxime groups is 1. The van der Waals surface area contributed by atoms with Gasteiger partial charge >= 0.3 is 16.1 Å². The number of carbonyl (C=O) groups is 1. The summed E-state index contributed by atoms with van der Waals surface area (Å²) in [6.07, 6.45) is 1.51. The van der Waals surface area contributed by atoms with Gasteiger partial charge < -0.3 is 13.8 Å². The number of nitrogens with zero attached hydrogens (tertiary/aromatic N) is 1. The van der Waals surface area contributed by atoms with Crippen LogP contribution in [0.3, 0.4) is 0 Å². The van der Waals surface area contributed by atoms with E-state index >= 15 is 0 Å². The Kier molecular flexibility index (Phi) is 5.44. The molecular formula is C19H16ClNO6S. The number of hydrogen-bond acceptors (Lipinski definition) is 7. The predicted octanol–water partition coefficient (Wildman–Crippen LogP) is 3.74. The van der Waals surface area contributed by atoms with E-state index in [4.69, 9.17) is 20.5 Å². The molecule has 1 heterocycles. The SMILES string of the molecule is COc1cc(/C=C2/C(=O)ON=C2C)cc(Cl)c1OS(=O)(=O)c1ccc(C)cc1. The number of aryl methyl sites for hydroxylation is 1. The van der Waals surface area contributed by atoms with Gasteiger partial charge in [0.1, 0.15) is 4.90 Å². The number of rotatable bonds is 5. The molecule has 3 rings (SSSR count). The molecule has 2 aromatic rings. The number of methoxy groups -OCH3 is 1. The number of carbonyl (C=O) groups excluding carboxylic acids is 1. The molecular weight excluding hydrogens is 406 g/mol. The first-order valence-corrected chi connectivity index (χ1v) is 9.86. The maximum atomic E-state index is 12.6. The van der Waals surface area contributed by atoms with E-state index in [1.54, 1.807) is 19.1 Å². The molecule has 0 fully saturated rings. The second-order valence-corrected chi connectivity index (χ2v) is 7.95. The summed E-state index contributed by atoms with van der Waals surface area (Å²) in [5.41, 5.74) is 2.09. The first-order valence-electron chi connectivity index (χ1n) is 8.08. The summed E-state index contributed by atoms with van der Waals surface area (Å²) in [4.78, 5) is 16.3. The van der Waals surface area contributed by atoms with Crippen LogP contribution in [0, 0.1) is 6.92 Å². The van der Waals surface area contributed by atoms with E-state index in [1.807, 2.05) is 6.92 Å². The van der Waals surface area contributed by atoms with E-state index < -0.39 is 16.1 Å². The van der Waals surface area contributed by atoms with Gasteiger partial charge in [-0.2, -0.15) is 8.42 Å². The van der Waals surface area contributed by atoms with E-state index in [0.717, 1.165) is 5.56 Å². The first-order chi connectivity index (χ1) is 13.2. The minimum absolute atomic E-state index is 0.00263. The maximum absolute atomic E-state index is 12.6. The largest absolute Gasteiger partial charge is 0.493 e. The molecule has 0 unspecified atom stereocenters. The van der Waals surface area contributed by atoms with E-state index in [2.05, 4.69) is 9.99 Å². The Morgan fingerprint density at radius 1 is 1.14 bits per heavy atom. The lowest BCUT2D eigenvalue weighted by atomic mass is 10.1. The van der Waals surface area contributed by atoms with Crippen LogP contribution in [0.4, 0.5) is 0 Å². The highest BCUT2D eigenvalue weighted by Gasteiger charge is 2.24. The third-order valence-electron chi connectivity index (χ3n) is 3.94. The monoisotopic (exact) mass is 421 g/mol. The summed E-state index contributed by atoms with van der Waals surface area (Å²) >= 11 is 6.25. The van der Waals surface area contributed by atoms with Crippen LogP contribution >= 0.6 is 11.6 Å². The number of benzene rings is 2. The van der Waals surface area contributed by atoms with Crippen LogP contribution in [0.15, 0.2) is 52.0 Å². The van der Waals surface area contributed by atoms with Crippen LogP contribution in [0.25, 0.3) is 6.08 Å². The fraction of sp³-hybridized carbons (Fsp3) is 0.158. The fourth-order valence-electron chi connectivity index (χ4n) is 2.45. The van der Waals surface area contributed by atoms with Gasteiger partial charge in [-0.1, -0.05) is 34.5 Å². The van der Waals surface area contributed by atoms with Gasteiger partial charge in [-0.3, -0.25) is 0 Å². The van der Waals surface area contributed by atoms with Crippen LogP contribution in [-0.2, 0) is 19.8 Å². The molecule has 9 heteroatoms. The minimum Gasteiger partial charge on any atom is -0.493 e. The quantitative estimate of drug-likeness (QED) is 0.415. The number of halogens is 1. The smallest absolute Gasteiger partial charge is 0.367 e. The highest BCUT2D eigenvalue weighted by Crippen LogP contribution is 2.39. The predicted molar refractivity (Wildman–Crippen MR) is 104 cm³/mol. The first kappa shape index (κ1) is 19.9. The Morgan fingerprint density at radius 2 is 1.82 bits per heavy atom. The van der Waals surface area contributed by atoms with Crippen molar-refractivity contribution in [2.75, 3.05) is 7.11 Å². The Balaban J connectivity index is 1.99. The molecule has 1 aliphatic rings. The van der Waals surface area contributed by atoms with Gasteiger partial charge in [0.05, 0.1) is 23.4 Å². The standard InChI is InChI=1S/C19H16ClNO6S/c1-11-4-6-14(7-5-11)28(23,24)27-18-16(20)9-13(10-17(18)25-3)8-15-12(2)21-26-19(15)22/h4-10H,1-3H3/b15-8+. The average Bonchev–Trinajstić information content (AvgIpc) is 2.96. The van der Waals surface area contributed by atoms with E-state index in [-0.39, 0.29) is 27.0 Å².